The number of para-hydroxylation sites is 1. The molecule has 0 unspecified atom stereocenters. The van der Waals surface area contributed by atoms with E-state index in [2.05, 4.69) is 10.3 Å². The molecule has 0 radical (unpaired) electrons. The Bertz CT molecular complexity index is 581. The van der Waals surface area contributed by atoms with E-state index in [1.54, 1.807) is 6.07 Å². The number of pyridine rings is 1. The average molecular weight is 263 g/mol. The van der Waals surface area contributed by atoms with Gasteiger partial charge < -0.3 is 5.32 Å². The molecule has 1 N–H and O–H groups in total. The number of nitrogens with zero attached hydrogens (tertiary/aromatic N) is 1. The fraction of sp³-hybridized carbons (Fsp3) is 0.286. The summed E-state index contributed by atoms with van der Waals surface area (Å²) in [7, 11) is 0. The molecule has 0 aliphatic carbocycles. The highest BCUT2D eigenvalue weighted by atomic mass is 35.5. The predicted molar refractivity (Wildman–Crippen MR) is 73.9 cm³/mol. The fourth-order valence-electron chi connectivity index (χ4n) is 1.64. The molecular weight excluding hydrogens is 248 g/mol. The lowest BCUT2D eigenvalue weighted by molar-refractivity contribution is 0.0944. The van der Waals surface area contributed by atoms with Gasteiger partial charge in [0.05, 0.1) is 10.5 Å². The van der Waals surface area contributed by atoms with E-state index in [1.807, 2.05) is 38.1 Å². The van der Waals surface area contributed by atoms with Crippen LogP contribution in [0.5, 0.6) is 0 Å². The summed E-state index contributed by atoms with van der Waals surface area (Å²) in [5.41, 5.74) is 1.10. The Morgan fingerprint density at radius 2 is 2.11 bits per heavy atom. The molecule has 2 aromatic rings. The van der Waals surface area contributed by atoms with E-state index >= 15 is 0 Å². The Morgan fingerprint density at radius 1 is 1.39 bits per heavy atom. The molecule has 1 aromatic carbocycles. The molecule has 0 fully saturated rings. The Balaban J connectivity index is 2.31. The lowest BCUT2D eigenvalue weighted by Crippen LogP contribution is -2.28. The van der Waals surface area contributed by atoms with Crippen LogP contribution in [0.1, 0.15) is 24.3 Å². The van der Waals surface area contributed by atoms with E-state index in [9.17, 15) is 4.79 Å². The summed E-state index contributed by atoms with van der Waals surface area (Å²) in [6.07, 6.45) is 0. The molecule has 94 valence electrons. The zero-order valence-electron chi connectivity index (χ0n) is 10.4. The lowest BCUT2D eigenvalue weighted by atomic mass is 10.2. The molecule has 18 heavy (non-hydrogen) atoms. The van der Waals surface area contributed by atoms with Gasteiger partial charge in [-0.3, -0.25) is 4.79 Å². The second-order valence-corrected chi connectivity index (χ2v) is 5.02. The SMILES string of the molecule is CC(C)CNC(=O)c1cc(Cl)c2ccccc2n1. The van der Waals surface area contributed by atoms with Crippen molar-refractivity contribution in [1.82, 2.24) is 10.3 Å². The third-order valence-electron chi connectivity index (χ3n) is 2.57. The fourth-order valence-corrected chi connectivity index (χ4v) is 1.90. The van der Waals surface area contributed by atoms with E-state index in [1.165, 1.54) is 0 Å². The number of halogens is 1. The highest BCUT2D eigenvalue weighted by molar-refractivity contribution is 6.35. The molecule has 0 saturated carbocycles. The first-order valence-corrected chi connectivity index (χ1v) is 6.29. The van der Waals surface area contributed by atoms with Crippen LogP contribution in [0.3, 0.4) is 0 Å². The zero-order chi connectivity index (χ0) is 13.1. The number of hydrogen-bond donors (Lipinski definition) is 1. The first-order chi connectivity index (χ1) is 8.58. The maximum absolute atomic E-state index is 11.9. The minimum atomic E-state index is -0.184. The number of nitrogens with one attached hydrogen (secondary N) is 1. The van der Waals surface area contributed by atoms with Crippen molar-refractivity contribution in [3.05, 3.63) is 41.0 Å². The van der Waals surface area contributed by atoms with Crippen molar-refractivity contribution in [2.75, 3.05) is 6.54 Å². The van der Waals surface area contributed by atoms with Gasteiger partial charge in [-0.05, 0) is 18.1 Å². The first kappa shape index (κ1) is 12.8. The van der Waals surface area contributed by atoms with Crippen LogP contribution < -0.4 is 5.32 Å². The van der Waals surface area contributed by atoms with E-state index in [4.69, 9.17) is 11.6 Å². The van der Waals surface area contributed by atoms with Crippen molar-refractivity contribution in [3.8, 4) is 0 Å². The normalized spacial score (nSPS) is 10.9. The molecule has 1 heterocycles. The molecule has 0 bridgehead atoms. The number of amides is 1. The minimum absolute atomic E-state index is 0.184. The van der Waals surface area contributed by atoms with Gasteiger partial charge in [-0.15, -0.1) is 0 Å². The van der Waals surface area contributed by atoms with Gasteiger partial charge in [0.1, 0.15) is 5.69 Å². The van der Waals surface area contributed by atoms with E-state index in [0.29, 0.717) is 23.2 Å². The molecule has 1 aromatic heterocycles. The summed E-state index contributed by atoms with van der Waals surface area (Å²) >= 11 is 6.15. The number of rotatable bonds is 3. The molecule has 1 amide bonds. The summed E-state index contributed by atoms with van der Waals surface area (Å²) in [6.45, 7) is 4.72. The highest BCUT2D eigenvalue weighted by Crippen LogP contribution is 2.22. The summed E-state index contributed by atoms with van der Waals surface area (Å²) in [6, 6.07) is 9.12. The Hall–Kier alpha value is -1.61. The van der Waals surface area contributed by atoms with Crippen LogP contribution in [0, 0.1) is 5.92 Å². The van der Waals surface area contributed by atoms with Crippen molar-refractivity contribution >= 4 is 28.4 Å². The van der Waals surface area contributed by atoms with E-state index in [-0.39, 0.29) is 5.91 Å². The van der Waals surface area contributed by atoms with E-state index in [0.717, 1.165) is 10.9 Å². The van der Waals surface area contributed by atoms with Crippen molar-refractivity contribution < 1.29 is 4.79 Å². The van der Waals surface area contributed by atoms with Gasteiger partial charge in [0.25, 0.3) is 5.91 Å². The highest BCUT2D eigenvalue weighted by Gasteiger charge is 2.11. The number of fused-ring (bicyclic) bond motifs is 1. The third kappa shape index (κ3) is 2.79. The quantitative estimate of drug-likeness (QED) is 0.922. The molecule has 4 heteroatoms. The lowest BCUT2D eigenvalue weighted by Gasteiger charge is -2.08. The molecule has 0 spiro atoms. The topological polar surface area (TPSA) is 42.0 Å². The summed E-state index contributed by atoms with van der Waals surface area (Å²) in [5.74, 6) is 0.223. The maximum atomic E-state index is 11.9. The summed E-state index contributed by atoms with van der Waals surface area (Å²) in [4.78, 5) is 16.2. The number of carbonyl (C=O) groups is 1. The standard InChI is InChI=1S/C14H15ClN2O/c1-9(2)8-16-14(18)13-7-11(15)10-5-3-4-6-12(10)17-13/h3-7,9H,8H2,1-2H3,(H,16,18). The monoisotopic (exact) mass is 262 g/mol. The molecular formula is C14H15ClN2O. The van der Waals surface area contributed by atoms with Crippen LogP contribution in [0.4, 0.5) is 0 Å². The molecule has 0 saturated heterocycles. The Morgan fingerprint density at radius 3 is 2.83 bits per heavy atom. The molecule has 0 atom stereocenters. The molecule has 2 rings (SSSR count). The Labute approximate surface area is 111 Å². The third-order valence-corrected chi connectivity index (χ3v) is 2.88. The van der Waals surface area contributed by atoms with Gasteiger partial charge in [0.15, 0.2) is 0 Å². The summed E-state index contributed by atoms with van der Waals surface area (Å²) < 4.78 is 0. The van der Waals surface area contributed by atoms with Gasteiger partial charge >= 0.3 is 0 Å². The molecule has 3 nitrogen and oxygen atoms in total. The second-order valence-electron chi connectivity index (χ2n) is 4.61. The Kier molecular flexibility index (Phi) is 3.82. The number of carbonyl (C=O) groups excluding carboxylic acids is 1. The number of benzene rings is 1. The first-order valence-electron chi connectivity index (χ1n) is 5.91. The maximum Gasteiger partial charge on any atom is 0.269 e. The van der Waals surface area contributed by atoms with E-state index < -0.39 is 0 Å². The zero-order valence-corrected chi connectivity index (χ0v) is 11.2. The average Bonchev–Trinajstić information content (AvgIpc) is 2.36. The predicted octanol–water partition coefficient (Wildman–Crippen LogP) is 3.27. The smallest absolute Gasteiger partial charge is 0.269 e. The van der Waals surface area contributed by atoms with Crippen molar-refractivity contribution in [2.24, 2.45) is 5.92 Å². The largest absolute Gasteiger partial charge is 0.350 e. The van der Waals surface area contributed by atoms with Crippen LogP contribution in [0.15, 0.2) is 30.3 Å². The molecule has 0 aliphatic rings. The van der Waals surface area contributed by atoms with Crippen LogP contribution >= 0.6 is 11.6 Å². The summed E-state index contributed by atoms with van der Waals surface area (Å²) in [5, 5.41) is 4.24. The van der Waals surface area contributed by atoms with Crippen LogP contribution in [0.25, 0.3) is 10.9 Å². The minimum Gasteiger partial charge on any atom is -0.350 e. The van der Waals surface area contributed by atoms with Gasteiger partial charge in [-0.2, -0.15) is 0 Å². The van der Waals surface area contributed by atoms with Gasteiger partial charge in [0, 0.05) is 11.9 Å². The van der Waals surface area contributed by atoms with Gasteiger partial charge in [0.2, 0.25) is 0 Å². The molecule has 0 aliphatic heterocycles. The second kappa shape index (κ2) is 5.36. The van der Waals surface area contributed by atoms with Gasteiger partial charge in [-0.1, -0.05) is 43.6 Å². The van der Waals surface area contributed by atoms with Crippen LogP contribution in [0.2, 0.25) is 5.02 Å². The number of hydrogen-bond acceptors (Lipinski definition) is 2. The van der Waals surface area contributed by atoms with Crippen LogP contribution in [-0.4, -0.2) is 17.4 Å². The van der Waals surface area contributed by atoms with Crippen LogP contribution in [-0.2, 0) is 0 Å². The number of aromatic nitrogens is 1. The van der Waals surface area contributed by atoms with Crippen molar-refractivity contribution in [1.29, 1.82) is 0 Å². The van der Waals surface area contributed by atoms with Crippen molar-refractivity contribution in [2.45, 2.75) is 13.8 Å². The van der Waals surface area contributed by atoms with Crippen molar-refractivity contribution in [3.63, 3.8) is 0 Å². The van der Waals surface area contributed by atoms with Gasteiger partial charge in [-0.25, -0.2) is 4.98 Å².